The maximum Gasteiger partial charge on any atom is 0.124 e. The molecule has 2 aliphatic heterocycles. The zero-order chi connectivity index (χ0) is 7.24. The molecule has 0 radical (unpaired) electrons. The van der Waals surface area contributed by atoms with Crippen LogP contribution in [0.1, 0.15) is 12.8 Å². The van der Waals surface area contributed by atoms with Gasteiger partial charge in [0.1, 0.15) is 5.67 Å². The van der Waals surface area contributed by atoms with Crippen molar-refractivity contribution in [2.75, 3.05) is 19.8 Å². The summed E-state index contributed by atoms with van der Waals surface area (Å²) in [7, 11) is 0. The molecule has 0 unspecified atom stereocenters. The fourth-order valence-corrected chi connectivity index (χ4v) is 2.24. The van der Waals surface area contributed by atoms with E-state index < -0.39 is 5.67 Å². The smallest absolute Gasteiger partial charge is 0.124 e. The summed E-state index contributed by atoms with van der Waals surface area (Å²) in [6, 6.07) is 0. The lowest BCUT2D eigenvalue weighted by molar-refractivity contribution is -0.107. The summed E-state index contributed by atoms with van der Waals surface area (Å²) in [5, 5.41) is 2.90. The van der Waals surface area contributed by atoms with Crippen molar-refractivity contribution in [1.29, 1.82) is 0 Å². The van der Waals surface area contributed by atoms with Crippen molar-refractivity contribution in [3.63, 3.8) is 0 Å². The molecule has 1 nitrogen and oxygen atoms in total. The Kier molecular flexibility index (Phi) is 1.11. The summed E-state index contributed by atoms with van der Waals surface area (Å²) < 4.78 is 25.4. The lowest BCUT2D eigenvalue weighted by atomic mass is 9.58. The van der Waals surface area contributed by atoms with Gasteiger partial charge in [-0.2, -0.15) is 0 Å². The fourth-order valence-electron chi connectivity index (χ4n) is 2.24. The highest BCUT2D eigenvalue weighted by molar-refractivity contribution is 5.10. The van der Waals surface area contributed by atoms with Crippen LogP contribution in [0.15, 0.2) is 0 Å². The zero-order valence-corrected chi connectivity index (χ0v) is 5.79. The van der Waals surface area contributed by atoms with Crippen LogP contribution in [0.2, 0.25) is 0 Å². The predicted octanol–water partition coefficient (Wildman–Crippen LogP) is 1.05. The molecule has 1 saturated carbocycles. The molecule has 10 heavy (non-hydrogen) atoms. The van der Waals surface area contributed by atoms with Crippen molar-refractivity contribution in [1.82, 2.24) is 5.32 Å². The molecule has 0 aromatic heterocycles. The molecule has 2 bridgehead atoms. The van der Waals surface area contributed by atoms with Gasteiger partial charge >= 0.3 is 0 Å². The minimum Gasteiger partial charge on any atom is -0.313 e. The third kappa shape index (κ3) is 0.698. The highest BCUT2D eigenvalue weighted by atomic mass is 19.1. The molecule has 1 N–H and O–H groups in total. The Morgan fingerprint density at radius 3 is 2.40 bits per heavy atom. The summed E-state index contributed by atoms with van der Waals surface area (Å²) >= 11 is 0. The van der Waals surface area contributed by atoms with Gasteiger partial charge in [0.05, 0.1) is 6.67 Å². The molecule has 2 saturated heterocycles. The van der Waals surface area contributed by atoms with Gasteiger partial charge < -0.3 is 5.32 Å². The number of alkyl halides is 2. The number of hydrogen-bond donors (Lipinski definition) is 1. The molecule has 3 fully saturated rings. The molecule has 3 rings (SSSR count). The summed E-state index contributed by atoms with van der Waals surface area (Å²) in [6.45, 7) is 0.718. The molecule has 58 valence electrons. The van der Waals surface area contributed by atoms with Crippen LogP contribution in [-0.4, -0.2) is 25.4 Å². The van der Waals surface area contributed by atoms with Crippen molar-refractivity contribution in [3.05, 3.63) is 0 Å². The molecule has 0 spiro atoms. The van der Waals surface area contributed by atoms with Crippen LogP contribution in [0.4, 0.5) is 8.78 Å². The van der Waals surface area contributed by atoms with E-state index in [1.165, 1.54) is 0 Å². The average molecular weight is 147 g/mol. The van der Waals surface area contributed by atoms with Crippen molar-refractivity contribution in [2.45, 2.75) is 18.5 Å². The summed E-state index contributed by atoms with van der Waals surface area (Å²) in [4.78, 5) is 0. The largest absolute Gasteiger partial charge is 0.313 e. The van der Waals surface area contributed by atoms with Crippen LogP contribution in [0.25, 0.3) is 0 Å². The second-order valence-electron chi connectivity index (χ2n) is 3.74. The number of fused-ring (bicyclic) bond motifs is 2. The van der Waals surface area contributed by atoms with Crippen LogP contribution < -0.4 is 5.32 Å². The second kappa shape index (κ2) is 1.70. The van der Waals surface area contributed by atoms with E-state index in [4.69, 9.17) is 0 Å². The molecular formula is C7H11F2N. The summed E-state index contributed by atoms with van der Waals surface area (Å²) in [5.74, 6) is 0. The maximum atomic E-state index is 13.1. The molecule has 0 amide bonds. The van der Waals surface area contributed by atoms with Gasteiger partial charge in [0.15, 0.2) is 0 Å². The van der Waals surface area contributed by atoms with Crippen molar-refractivity contribution in [2.24, 2.45) is 5.41 Å². The minimum absolute atomic E-state index is 0.326. The molecular weight excluding hydrogens is 136 g/mol. The first-order valence-electron chi connectivity index (χ1n) is 3.64. The topological polar surface area (TPSA) is 12.0 Å². The van der Waals surface area contributed by atoms with Gasteiger partial charge in [-0.15, -0.1) is 0 Å². The van der Waals surface area contributed by atoms with Crippen molar-refractivity contribution in [3.8, 4) is 0 Å². The SMILES string of the molecule is FCC12CNCC(F)(C1)C2. The number of halogens is 2. The fraction of sp³-hybridized carbons (Fsp3) is 1.00. The Labute approximate surface area is 58.8 Å². The van der Waals surface area contributed by atoms with Gasteiger partial charge in [-0.25, -0.2) is 4.39 Å². The Hall–Kier alpha value is -0.180. The number of piperidine rings is 2. The first-order chi connectivity index (χ1) is 4.68. The molecule has 1 aliphatic carbocycles. The van der Waals surface area contributed by atoms with Crippen LogP contribution >= 0.6 is 0 Å². The minimum atomic E-state index is -1.07. The first kappa shape index (κ1) is 6.53. The van der Waals surface area contributed by atoms with Crippen LogP contribution in [0.5, 0.6) is 0 Å². The Morgan fingerprint density at radius 2 is 2.00 bits per heavy atom. The normalized spacial score (nSPS) is 52.2. The predicted molar refractivity (Wildman–Crippen MR) is 34.4 cm³/mol. The van der Waals surface area contributed by atoms with Crippen LogP contribution in [0, 0.1) is 5.41 Å². The van der Waals surface area contributed by atoms with E-state index in [0.29, 0.717) is 25.9 Å². The number of hydrogen-bond acceptors (Lipinski definition) is 1. The number of nitrogens with one attached hydrogen (secondary N) is 1. The van der Waals surface area contributed by atoms with Gasteiger partial charge in [-0.3, -0.25) is 4.39 Å². The Morgan fingerprint density at radius 1 is 1.30 bits per heavy atom. The van der Waals surface area contributed by atoms with Gasteiger partial charge in [-0.1, -0.05) is 0 Å². The molecule has 3 heteroatoms. The Balaban J connectivity index is 2.08. The number of rotatable bonds is 1. The van der Waals surface area contributed by atoms with Crippen molar-refractivity contribution >= 4 is 0 Å². The van der Waals surface area contributed by atoms with Crippen LogP contribution in [-0.2, 0) is 0 Å². The third-order valence-electron chi connectivity index (χ3n) is 2.61. The average Bonchev–Trinajstić information content (AvgIpc) is 1.86. The quantitative estimate of drug-likeness (QED) is 0.584. The highest BCUT2D eigenvalue weighted by Crippen LogP contribution is 2.53. The summed E-state index contributed by atoms with van der Waals surface area (Å²) in [5.41, 5.74) is -1.39. The lowest BCUT2D eigenvalue weighted by Gasteiger charge is -2.55. The summed E-state index contributed by atoms with van der Waals surface area (Å²) in [6.07, 6.45) is 0.868. The van der Waals surface area contributed by atoms with Gasteiger partial charge in [-0.05, 0) is 12.8 Å². The van der Waals surface area contributed by atoms with Gasteiger partial charge in [0.2, 0.25) is 0 Å². The van der Waals surface area contributed by atoms with Gasteiger partial charge in [0.25, 0.3) is 0 Å². The standard InChI is InChI=1S/C7H11F2N/c8-3-6-1-7(9,2-6)5-10-4-6/h10H,1-5H2. The molecule has 0 atom stereocenters. The molecule has 0 aromatic carbocycles. The van der Waals surface area contributed by atoms with E-state index in [0.717, 1.165) is 0 Å². The zero-order valence-electron chi connectivity index (χ0n) is 5.79. The molecule has 2 heterocycles. The molecule has 3 aliphatic rings. The second-order valence-corrected chi connectivity index (χ2v) is 3.74. The van der Waals surface area contributed by atoms with E-state index >= 15 is 0 Å². The lowest BCUT2D eigenvalue weighted by Crippen LogP contribution is -2.64. The van der Waals surface area contributed by atoms with Crippen molar-refractivity contribution < 1.29 is 8.78 Å². The van der Waals surface area contributed by atoms with E-state index in [-0.39, 0.29) is 12.1 Å². The first-order valence-corrected chi connectivity index (χ1v) is 3.64. The van der Waals surface area contributed by atoms with Crippen LogP contribution in [0.3, 0.4) is 0 Å². The van der Waals surface area contributed by atoms with E-state index in [1.54, 1.807) is 0 Å². The van der Waals surface area contributed by atoms with Gasteiger partial charge in [0, 0.05) is 18.5 Å². The highest BCUT2D eigenvalue weighted by Gasteiger charge is 2.58. The van der Waals surface area contributed by atoms with E-state index in [9.17, 15) is 8.78 Å². The van der Waals surface area contributed by atoms with E-state index in [2.05, 4.69) is 5.32 Å². The molecule has 0 aromatic rings. The third-order valence-corrected chi connectivity index (χ3v) is 2.61. The Bertz CT molecular complexity index is 152. The maximum absolute atomic E-state index is 13.1. The van der Waals surface area contributed by atoms with E-state index in [1.807, 2.05) is 0 Å². The monoisotopic (exact) mass is 147 g/mol.